The lowest BCUT2D eigenvalue weighted by Crippen LogP contribution is -2.36. The Labute approximate surface area is 187 Å². The topological polar surface area (TPSA) is 104 Å². The third-order valence-corrected chi connectivity index (χ3v) is 6.26. The van der Waals surface area contributed by atoms with Crippen LogP contribution in [0.5, 0.6) is 0 Å². The van der Waals surface area contributed by atoms with Gasteiger partial charge in [0.1, 0.15) is 5.82 Å². The molecule has 7 nitrogen and oxygen atoms in total. The van der Waals surface area contributed by atoms with Gasteiger partial charge in [0.05, 0.1) is 11.5 Å². The Morgan fingerprint density at radius 1 is 1.23 bits per heavy atom. The highest BCUT2D eigenvalue weighted by molar-refractivity contribution is 7.98. The molecule has 3 aromatic rings. The Balaban J connectivity index is 1.58. The average Bonchev–Trinajstić information content (AvgIpc) is 2.74. The van der Waals surface area contributed by atoms with E-state index in [1.54, 1.807) is 18.2 Å². The second kappa shape index (κ2) is 8.95. The molecule has 158 valence electrons. The zero-order chi connectivity index (χ0) is 22.0. The number of hydrogen-bond acceptors (Lipinski definition) is 5. The number of H-pyrrole nitrogens is 1. The van der Waals surface area contributed by atoms with E-state index in [-0.39, 0.29) is 23.7 Å². The number of fused-ring (bicyclic) bond motifs is 1. The van der Waals surface area contributed by atoms with E-state index in [9.17, 15) is 14.4 Å². The first kappa shape index (κ1) is 21.1. The van der Waals surface area contributed by atoms with Crippen LogP contribution in [0.3, 0.4) is 0 Å². The van der Waals surface area contributed by atoms with Crippen LogP contribution < -0.4 is 16.2 Å². The average molecular weight is 455 g/mol. The minimum Gasteiger partial charge on any atom is -0.325 e. The van der Waals surface area contributed by atoms with Crippen molar-refractivity contribution >= 4 is 46.7 Å². The third-order valence-electron chi connectivity index (χ3n) is 4.90. The smallest absolute Gasteiger partial charge is 0.257 e. The van der Waals surface area contributed by atoms with Crippen molar-refractivity contribution in [3.05, 3.63) is 80.6 Å². The van der Waals surface area contributed by atoms with E-state index in [4.69, 9.17) is 11.6 Å². The predicted molar refractivity (Wildman–Crippen MR) is 122 cm³/mol. The number of nitrogens with one attached hydrogen (secondary N) is 3. The van der Waals surface area contributed by atoms with Crippen molar-refractivity contribution in [1.82, 2.24) is 9.97 Å². The highest BCUT2D eigenvalue weighted by atomic mass is 35.5. The van der Waals surface area contributed by atoms with Crippen LogP contribution in [0, 0.1) is 6.92 Å². The Kier molecular flexibility index (Phi) is 6.11. The number of carbonyl (C=O) groups is 2. The molecule has 2 amide bonds. The van der Waals surface area contributed by atoms with Crippen molar-refractivity contribution in [2.24, 2.45) is 0 Å². The van der Waals surface area contributed by atoms with Crippen LogP contribution >= 0.6 is 23.4 Å². The fourth-order valence-corrected chi connectivity index (χ4v) is 4.27. The molecule has 4 rings (SSSR count). The molecule has 0 bridgehead atoms. The predicted octanol–water partition coefficient (Wildman–Crippen LogP) is 4.09. The van der Waals surface area contributed by atoms with Gasteiger partial charge in [-0.3, -0.25) is 14.4 Å². The SMILES string of the molecule is Cc1ccc(NC(=O)[C@@H]2CC(=O)Nc3nc(SCc4ccccc4)[nH]c(=O)c32)cc1Cl. The molecule has 0 aliphatic carbocycles. The number of aryl methyl sites for hydroxylation is 1. The van der Waals surface area contributed by atoms with Crippen LogP contribution in [-0.4, -0.2) is 21.8 Å². The van der Waals surface area contributed by atoms with Crippen molar-refractivity contribution in [1.29, 1.82) is 0 Å². The fraction of sp³-hybridized carbons (Fsp3) is 0.182. The minimum atomic E-state index is -0.951. The number of benzene rings is 2. The Morgan fingerprint density at radius 3 is 2.74 bits per heavy atom. The van der Waals surface area contributed by atoms with Crippen molar-refractivity contribution in [3.63, 3.8) is 0 Å². The molecule has 2 heterocycles. The summed E-state index contributed by atoms with van der Waals surface area (Å²) in [6.45, 7) is 1.86. The quantitative estimate of drug-likeness (QED) is 0.398. The van der Waals surface area contributed by atoms with E-state index < -0.39 is 17.4 Å². The summed E-state index contributed by atoms with van der Waals surface area (Å²) in [5, 5.41) is 6.25. The summed E-state index contributed by atoms with van der Waals surface area (Å²) >= 11 is 7.46. The van der Waals surface area contributed by atoms with E-state index in [1.807, 2.05) is 37.3 Å². The van der Waals surface area contributed by atoms with E-state index in [2.05, 4.69) is 20.6 Å². The minimum absolute atomic E-state index is 0.123. The number of rotatable bonds is 5. The number of aromatic amines is 1. The molecule has 0 radical (unpaired) electrons. The maximum absolute atomic E-state index is 12.9. The number of aromatic nitrogens is 2. The first-order valence-electron chi connectivity index (χ1n) is 9.58. The molecule has 2 aromatic carbocycles. The normalized spacial score (nSPS) is 15.2. The van der Waals surface area contributed by atoms with Gasteiger partial charge in [-0.15, -0.1) is 0 Å². The van der Waals surface area contributed by atoms with E-state index in [0.717, 1.165) is 11.1 Å². The molecule has 0 saturated carbocycles. The van der Waals surface area contributed by atoms with E-state index in [1.165, 1.54) is 11.8 Å². The summed E-state index contributed by atoms with van der Waals surface area (Å²) in [7, 11) is 0. The van der Waals surface area contributed by atoms with Crippen LogP contribution in [0.2, 0.25) is 5.02 Å². The standard InChI is InChI=1S/C22H19ClN4O3S/c1-12-7-8-14(9-16(12)23)24-20(29)15-10-17(28)25-19-18(15)21(30)27-22(26-19)31-11-13-5-3-2-4-6-13/h2-9,15H,10-11H2,1H3,(H,24,29)(H2,25,26,27,28,30)/t15-/m1/s1. The Hall–Kier alpha value is -3.10. The van der Waals surface area contributed by atoms with Gasteiger partial charge in [-0.05, 0) is 30.2 Å². The zero-order valence-corrected chi connectivity index (χ0v) is 18.1. The molecule has 0 fully saturated rings. The highest BCUT2D eigenvalue weighted by Gasteiger charge is 2.34. The van der Waals surface area contributed by atoms with E-state index >= 15 is 0 Å². The molecule has 0 saturated heterocycles. The van der Waals surface area contributed by atoms with Gasteiger partial charge in [-0.2, -0.15) is 0 Å². The number of amides is 2. The molecule has 9 heteroatoms. The summed E-state index contributed by atoms with van der Waals surface area (Å²) in [6.07, 6.45) is -0.139. The molecule has 1 aliphatic heterocycles. The van der Waals surface area contributed by atoms with Crippen LogP contribution in [0.25, 0.3) is 0 Å². The van der Waals surface area contributed by atoms with Gasteiger partial charge in [0.2, 0.25) is 11.8 Å². The Morgan fingerprint density at radius 2 is 2.00 bits per heavy atom. The van der Waals surface area contributed by atoms with Gasteiger partial charge < -0.3 is 15.6 Å². The lowest BCUT2D eigenvalue weighted by Gasteiger charge is -2.23. The monoisotopic (exact) mass is 454 g/mol. The van der Waals surface area contributed by atoms with Gasteiger partial charge in [0, 0.05) is 22.9 Å². The first-order valence-corrected chi connectivity index (χ1v) is 10.9. The van der Waals surface area contributed by atoms with Crippen LogP contribution in [0.4, 0.5) is 11.5 Å². The molecule has 1 atom stereocenters. The van der Waals surface area contributed by atoms with Gasteiger partial charge >= 0.3 is 0 Å². The molecule has 0 unspecified atom stereocenters. The molecule has 1 aliphatic rings. The second-order valence-electron chi connectivity index (χ2n) is 7.17. The summed E-state index contributed by atoms with van der Waals surface area (Å²) in [5.74, 6) is -1.06. The van der Waals surface area contributed by atoms with Gasteiger partial charge in [0.25, 0.3) is 5.56 Å². The third kappa shape index (κ3) is 4.81. The van der Waals surface area contributed by atoms with E-state index in [0.29, 0.717) is 21.6 Å². The number of carbonyl (C=O) groups excluding carboxylic acids is 2. The van der Waals surface area contributed by atoms with Crippen molar-refractivity contribution < 1.29 is 9.59 Å². The molecule has 1 aromatic heterocycles. The summed E-state index contributed by atoms with van der Waals surface area (Å²) < 4.78 is 0. The van der Waals surface area contributed by atoms with Gasteiger partial charge in [-0.25, -0.2) is 4.98 Å². The largest absolute Gasteiger partial charge is 0.325 e. The zero-order valence-electron chi connectivity index (χ0n) is 16.6. The number of thioether (sulfide) groups is 1. The van der Waals surface area contributed by atoms with Gasteiger partial charge in [0.15, 0.2) is 5.16 Å². The van der Waals surface area contributed by atoms with Crippen molar-refractivity contribution in [2.75, 3.05) is 10.6 Å². The number of hydrogen-bond donors (Lipinski definition) is 3. The maximum atomic E-state index is 12.9. The number of halogens is 1. The maximum Gasteiger partial charge on any atom is 0.257 e. The van der Waals surface area contributed by atoms with Crippen molar-refractivity contribution in [2.45, 2.75) is 30.2 Å². The first-order chi connectivity index (χ1) is 14.9. The summed E-state index contributed by atoms with van der Waals surface area (Å²) in [4.78, 5) is 45.0. The molecular weight excluding hydrogens is 436 g/mol. The summed E-state index contributed by atoms with van der Waals surface area (Å²) in [6, 6.07) is 14.9. The molecule has 31 heavy (non-hydrogen) atoms. The lowest BCUT2D eigenvalue weighted by molar-refractivity contribution is -0.123. The van der Waals surface area contributed by atoms with Crippen LogP contribution in [0.15, 0.2) is 58.5 Å². The summed E-state index contributed by atoms with van der Waals surface area (Å²) in [5.41, 5.74) is 2.16. The molecule has 0 spiro atoms. The van der Waals surface area contributed by atoms with Gasteiger partial charge in [-0.1, -0.05) is 59.8 Å². The number of nitrogens with zero attached hydrogens (tertiary/aromatic N) is 1. The second-order valence-corrected chi connectivity index (χ2v) is 8.54. The Bertz CT molecular complexity index is 1210. The van der Waals surface area contributed by atoms with Crippen LogP contribution in [0.1, 0.15) is 29.0 Å². The fourth-order valence-electron chi connectivity index (χ4n) is 3.27. The van der Waals surface area contributed by atoms with Crippen molar-refractivity contribution in [3.8, 4) is 0 Å². The molecule has 3 N–H and O–H groups in total. The highest BCUT2D eigenvalue weighted by Crippen LogP contribution is 2.31. The lowest BCUT2D eigenvalue weighted by atomic mass is 9.92. The number of anilines is 2. The molecular formula is C22H19ClN4O3S. The van der Waals surface area contributed by atoms with Crippen LogP contribution in [-0.2, 0) is 15.3 Å².